The first-order chi connectivity index (χ1) is 13.3. The molecule has 13 heteroatoms. The van der Waals surface area contributed by atoms with E-state index in [1.807, 2.05) is 0 Å². The molecule has 2 aromatic heterocycles. The average molecular weight is 434 g/mol. The van der Waals surface area contributed by atoms with Gasteiger partial charge in [-0.25, -0.2) is 4.39 Å². The molecule has 0 saturated carbocycles. The molecule has 0 radical (unpaired) electrons. The molecular weight excluding hydrogens is 422 g/mol. The zero-order chi connectivity index (χ0) is 20.1. The summed E-state index contributed by atoms with van der Waals surface area (Å²) in [6.07, 6.45) is -0.0180. The van der Waals surface area contributed by atoms with E-state index in [1.165, 1.54) is 13.0 Å². The van der Waals surface area contributed by atoms with Crippen LogP contribution in [0.25, 0.3) is 16.8 Å². The van der Waals surface area contributed by atoms with E-state index in [1.54, 1.807) is 0 Å². The molecule has 4 rings (SSSR count). The van der Waals surface area contributed by atoms with Gasteiger partial charge < -0.3 is 18.2 Å². The predicted octanol–water partition coefficient (Wildman–Crippen LogP) is 2.09. The lowest BCUT2D eigenvalue weighted by Crippen LogP contribution is -2.11. The molecule has 9 nitrogen and oxygen atoms in total. The van der Waals surface area contributed by atoms with Gasteiger partial charge in [-0.2, -0.15) is 12.8 Å². The largest absolute Gasteiger partial charge is 0.369 e. The lowest BCUT2D eigenvalue weighted by molar-refractivity contribution is -0.0467. The molecule has 1 aliphatic heterocycles. The zero-order valence-corrected chi connectivity index (χ0v) is 15.8. The number of nitrogens with zero attached hydrogens (tertiary/aromatic N) is 2. The van der Waals surface area contributed by atoms with Gasteiger partial charge in [-0.05, 0) is 24.3 Å². The van der Waals surface area contributed by atoms with Crippen molar-refractivity contribution >= 4 is 32.4 Å². The maximum atomic E-state index is 14.4. The van der Waals surface area contributed by atoms with Crippen LogP contribution < -0.4 is 9.06 Å². The SMILES string of the molecule is CCS(=O)(=O)Oc1cn(-c2noc3c(F)c(F)c(C4OCCO4)cc23)c(=O)s1. The molecule has 0 unspecified atom stereocenters. The normalized spacial score (nSPS) is 15.5. The minimum absolute atomic E-state index is 0.0159. The molecule has 1 aliphatic rings. The third kappa shape index (κ3) is 3.19. The highest BCUT2D eigenvalue weighted by Crippen LogP contribution is 2.34. The second kappa shape index (κ2) is 6.92. The number of rotatable bonds is 5. The van der Waals surface area contributed by atoms with E-state index in [0.717, 1.165) is 10.8 Å². The molecule has 3 aromatic rings. The first kappa shape index (κ1) is 19.0. The van der Waals surface area contributed by atoms with E-state index >= 15 is 0 Å². The Kier molecular flexibility index (Phi) is 4.69. The summed E-state index contributed by atoms with van der Waals surface area (Å²) in [5, 5.41) is 3.41. The summed E-state index contributed by atoms with van der Waals surface area (Å²) in [6.45, 7) is 1.82. The molecule has 1 saturated heterocycles. The van der Waals surface area contributed by atoms with Crippen LogP contribution in [0.3, 0.4) is 0 Å². The highest BCUT2D eigenvalue weighted by Gasteiger charge is 2.29. The molecular formula is C15H12F2N2O7S2. The number of hydrogen-bond acceptors (Lipinski definition) is 9. The molecule has 3 heterocycles. The Morgan fingerprint density at radius 3 is 2.71 bits per heavy atom. The standard InChI is InChI=1S/C15H12F2N2O7S2/c1-2-28(21,22)26-9-6-19(15(20)27-9)13-8-5-7(14-23-3-4-24-14)10(16)11(17)12(8)25-18-13/h5-6,14H,2-4H2,1H3. The Balaban J connectivity index is 1.84. The fraction of sp³-hybridized carbons (Fsp3) is 0.333. The number of benzene rings is 1. The van der Waals surface area contributed by atoms with Crippen LogP contribution in [-0.4, -0.2) is 37.1 Å². The van der Waals surface area contributed by atoms with Crippen molar-refractivity contribution in [2.45, 2.75) is 13.2 Å². The van der Waals surface area contributed by atoms with Crippen LogP contribution >= 0.6 is 11.3 Å². The summed E-state index contributed by atoms with van der Waals surface area (Å²) in [4.78, 5) is 11.6. The van der Waals surface area contributed by atoms with Gasteiger partial charge in [-0.3, -0.25) is 9.36 Å². The van der Waals surface area contributed by atoms with E-state index in [4.69, 9.17) is 18.2 Å². The van der Waals surface area contributed by atoms with Crippen LogP contribution in [0.4, 0.5) is 8.78 Å². The average Bonchev–Trinajstić information content (AvgIpc) is 3.37. The number of ether oxygens (including phenoxy) is 2. The molecule has 0 N–H and O–H groups in total. The smallest absolute Gasteiger partial charge is 0.316 e. The number of halogens is 2. The van der Waals surface area contributed by atoms with E-state index < -0.39 is 38.5 Å². The van der Waals surface area contributed by atoms with Gasteiger partial charge in [0.25, 0.3) is 0 Å². The first-order valence-electron chi connectivity index (χ1n) is 7.96. The Labute approximate surface area is 160 Å². The van der Waals surface area contributed by atoms with Crippen molar-refractivity contribution in [3.63, 3.8) is 0 Å². The summed E-state index contributed by atoms with van der Waals surface area (Å²) in [7, 11) is -3.85. The summed E-state index contributed by atoms with van der Waals surface area (Å²) >= 11 is 0.507. The Morgan fingerprint density at radius 2 is 2.04 bits per heavy atom. The van der Waals surface area contributed by atoms with Gasteiger partial charge in [-0.15, -0.1) is 0 Å². The molecule has 0 bridgehead atoms. The molecule has 1 aromatic carbocycles. The van der Waals surface area contributed by atoms with E-state index in [9.17, 15) is 22.0 Å². The quantitative estimate of drug-likeness (QED) is 0.562. The maximum absolute atomic E-state index is 14.4. The fourth-order valence-corrected chi connectivity index (χ4v) is 4.02. The van der Waals surface area contributed by atoms with E-state index in [-0.39, 0.29) is 40.8 Å². The Morgan fingerprint density at radius 1 is 1.32 bits per heavy atom. The van der Waals surface area contributed by atoms with Gasteiger partial charge in [0.1, 0.15) is 0 Å². The summed E-state index contributed by atoms with van der Waals surface area (Å²) in [5.74, 6) is -2.96. The van der Waals surface area contributed by atoms with Crippen LogP contribution in [0.15, 0.2) is 21.6 Å². The second-order valence-corrected chi connectivity index (χ2v) is 8.48. The monoisotopic (exact) mass is 434 g/mol. The highest BCUT2D eigenvalue weighted by atomic mass is 32.2. The van der Waals surface area contributed by atoms with Gasteiger partial charge in [0.15, 0.2) is 17.9 Å². The van der Waals surface area contributed by atoms with Gasteiger partial charge in [0, 0.05) is 5.56 Å². The molecule has 150 valence electrons. The maximum Gasteiger partial charge on any atom is 0.316 e. The van der Waals surface area contributed by atoms with Gasteiger partial charge >= 0.3 is 15.0 Å². The molecule has 0 aliphatic carbocycles. The highest BCUT2D eigenvalue weighted by molar-refractivity contribution is 7.87. The molecule has 0 atom stereocenters. The topological polar surface area (TPSA) is 110 Å². The van der Waals surface area contributed by atoms with Crippen LogP contribution in [0.1, 0.15) is 18.8 Å². The lowest BCUT2D eigenvalue weighted by atomic mass is 10.1. The van der Waals surface area contributed by atoms with Crippen LogP contribution in [0, 0.1) is 11.6 Å². The Hall–Kier alpha value is -2.35. The van der Waals surface area contributed by atoms with E-state index in [2.05, 4.69) is 5.16 Å². The van der Waals surface area contributed by atoms with Gasteiger partial charge in [-0.1, -0.05) is 5.16 Å². The summed E-state index contributed by atoms with van der Waals surface area (Å²) in [6, 6.07) is 1.21. The van der Waals surface area contributed by atoms with E-state index in [0.29, 0.717) is 11.3 Å². The minimum Gasteiger partial charge on any atom is -0.369 e. The number of thiazole rings is 1. The summed E-state index contributed by atoms with van der Waals surface area (Å²) < 4.78 is 72.9. The third-order valence-corrected chi connectivity index (χ3v) is 5.95. The van der Waals surface area contributed by atoms with Crippen LogP contribution in [0.2, 0.25) is 0 Å². The van der Waals surface area contributed by atoms with Crippen molar-refractivity contribution in [3.8, 4) is 10.9 Å². The molecule has 28 heavy (non-hydrogen) atoms. The van der Waals surface area contributed by atoms with Gasteiger partial charge in [0.2, 0.25) is 16.5 Å². The Bertz CT molecular complexity index is 1210. The first-order valence-corrected chi connectivity index (χ1v) is 10.4. The van der Waals surface area contributed by atoms with Crippen molar-refractivity contribution in [3.05, 3.63) is 39.1 Å². The minimum atomic E-state index is -3.85. The van der Waals surface area contributed by atoms with Gasteiger partial charge in [0.05, 0.1) is 30.5 Å². The number of fused-ring (bicyclic) bond motifs is 1. The summed E-state index contributed by atoms with van der Waals surface area (Å²) in [5.41, 5.74) is -0.712. The number of hydrogen-bond donors (Lipinski definition) is 0. The second-order valence-electron chi connectivity index (χ2n) is 5.67. The molecule has 0 amide bonds. The van der Waals surface area contributed by atoms with Crippen molar-refractivity contribution in [1.82, 2.24) is 9.72 Å². The van der Waals surface area contributed by atoms with Crippen molar-refractivity contribution in [1.29, 1.82) is 0 Å². The third-order valence-electron chi connectivity index (χ3n) is 3.94. The number of aromatic nitrogens is 2. The zero-order valence-electron chi connectivity index (χ0n) is 14.2. The fourth-order valence-electron chi connectivity index (χ4n) is 2.60. The lowest BCUT2D eigenvalue weighted by Gasteiger charge is -2.11. The predicted molar refractivity (Wildman–Crippen MR) is 92.1 cm³/mol. The van der Waals surface area contributed by atoms with Crippen LogP contribution in [-0.2, 0) is 19.6 Å². The van der Waals surface area contributed by atoms with Crippen molar-refractivity contribution in [2.75, 3.05) is 19.0 Å². The van der Waals surface area contributed by atoms with Crippen LogP contribution in [0.5, 0.6) is 5.06 Å². The molecule has 0 spiro atoms. The van der Waals surface area contributed by atoms with Crippen molar-refractivity contribution < 1.29 is 35.4 Å². The van der Waals surface area contributed by atoms with Crippen molar-refractivity contribution in [2.24, 2.45) is 0 Å². The molecule has 1 fully saturated rings.